The van der Waals surface area contributed by atoms with Gasteiger partial charge in [0.05, 0.1) is 19.3 Å². The number of nitriles is 1. The van der Waals surface area contributed by atoms with E-state index in [-0.39, 0.29) is 0 Å². The minimum Gasteiger partial charge on any atom is -0.379 e. The standard InChI is InChI=1S/C21H22N2O/c1-18(16-19-8-4-2-5-9-19)21(17-22,20-10-6-3-7-11-20)23-12-14-24-15-13-23/h2-11,16H,12-15H2,1H3/t21-/m0/s1. The lowest BCUT2D eigenvalue weighted by Crippen LogP contribution is -2.51. The van der Waals surface area contributed by atoms with Crippen LogP contribution in [0.25, 0.3) is 6.08 Å². The van der Waals surface area contributed by atoms with E-state index in [1.165, 1.54) is 0 Å². The predicted molar refractivity (Wildman–Crippen MR) is 96.2 cm³/mol. The van der Waals surface area contributed by atoms with E-state index in [0.29, 0.717) is 13.2 Å². The molecule has 0 N–H and O–H groups in total. The Bertz CT molecular complexity index is 727. The Balaban J connectivity index is 2.10. The van der Waals surface area contributed by atoms with Crippen molar-refractivity contribution in [1.82, 2.24) is 4.90 Å². The zero-order chi connectivity index (χ0) is 16.8. The van der Waals surface area contributed by atoms with Crippen molar-refractivity contribution < 1.29 is 4.74 Å². The van der Waals surface area contributed by atoms with Gasteiger partial charge in [0.2, 0.25) is 0 Å². The first-order valence-corrected chi connectivity index (χ1v) is 8.31. The molecule has 1 atom stereocenters. The van der Waals surface area contributed by atoms with Crippen LogP contribution >= 0.6 is 0 Å². The van der Waals surface area contributed by atoms with Gasteiger partial charge in [0.25, 0.3) is 0 Å². The van der Waals surface area contributed by atoms with Crippen molar-refractivity contribution >= 4 is 6.08 Å². The fourth-order valence-corrected chi connectivity index (χ4v) is 3.36. The van der Waals surface area contributed by atoms with Gasteiger partial charge in [0, 0.05) is 13.1 Å². The molecule has 1 heterocycles. The molecule has 0 bridgehead atoms. The molecule has 0 spiro atoms. The van der Waals surface area contributed by atoms with Gasteiger partial charge >= 0.3 is 0 Å². The summed E-state index contributed by atoms with van der Waals surface area (Å²) in [5.74, 6) is 0. The largest absolute Gasteiger partial charge is 0.379 e. The average Bonchev–Trinajstić information content (AvgIpc) is 2.65. The van der Waals surface area contributed by atoms with Crippen LogP contribution in [-0.4, -0.2) is 31.2 Å². The zero-order valence-electron chi connectivity index (χ0n) is 14.0. The Morgan fingerprint density at radius 3 is 2.21 bits per heavy atom. The van der Waals surface area contributed by atoms with E-state index < -0.39 is 5.54 Å². The van der Waals surface area contributed by atoms with Gasteiger partial charge in [-0.15, -0.1) is 0 Å². The number of ether oxygens (including phenoxy) is 1. The smallest absolute Gasteiger partial charge is 0.156 e. The maximum Gasteiger partial charge on any atom is 0.156 e. The molecule has 1 aliphatic heterocycles. The summed E-state index contributed by atoms with van der Waals surface area (Å²) in [6.45, 7) is 4.88. The fourth-order valence-electron chi connectivity index (χ4n) is 3.36. The zero-order valence-corrected chi connectivity index (χ0v) is 14.0. The van der Waals surface area contributed by atoms with Gasteiger partial charge in [0.15, 0.2) is 5.54 Å². The van der Waals surface area contributed by atoms with Crippen LogP contribution in [0.3, 0.4) is 0 Å². The van der Waals surface area contributed by atoms with Crippen molar-refractivity contribution in [2.24, 2.45) is 0 Å². The Morgan fingerprint density at radius 2 is 1.62 bits per heavy atom. The first kappa shape index (κ1) is 16.4. The summed E-state index contributed by atoms with van der Waals surface area (Å²) in [5.41, 5.74) is 2.39. The molecule has 2 aromatic rings. The summed E-state index contributed by atoms with van der Waals surface area (Å²) in [6, 6.07) is 22.9. The van der Waals surface area contributed by atoms with Gasteiger partial charge in [-0.2, -0.15) is 5.26 Å². The predicted octanol–water partition coefficient (Wildman–Crippen LogP) is 3.84. The second-order valence-corrected chi connectivity index (χ2v) is 6.03. The molecule has 0 saturated carbocycles. The Kier molecular flexibility index (Phi) is 5.10. The summed E-state index contributed by atoms with van der Waals surface area (Å²) in [4.78, 5) is 2.24. The molecule has 0 unspecified atom stereocenters. The normalized spacial score (nSPS) is 18.6. The van der Waals surface area contributed by atoms with E-state index in [0.717, 1.165) is 29.8 Å². The SMILES string of the molecule is CC(=Cc1ccccc1)[C@@](C#N)(c1ccccc1)N1CCOCC1. The number of rotatable bonds is 4. The molecule has 2 aromatic carbocycles. The first-order chi connectivity index (χ1) is 11.8. The van der Waals surface area contributed by atoms with Crippen LogP contribution in [0, 0.1) is 11.3 Å². The number of hydrogen-bond donors (Lipinski definition) is 0. The number of morpholine rings is 1. The number of nitrogens with zero attached hydrogens (tertiary/aromatic N) is 2. The summed E-state index contributed by atoms with van der Waals surface area (Å²) in [6.07, 6.45) is 2.12. The molecule has 0 radical (unpaired) electrons. The second-order valence-electron chi connectivity index (χ2n) is 6.03. The monoisotopic (exact) mass is 318 g/mol. The van der Waals surface area contributed by atoms with Crippen LogP contribution in [0.4, 0.5) is 0 Å². The van der Waals surface area contributed by atoms with Crippen LogP contribution in [0.2, 0.25) is 0 Å². The van der Waals surface area contributed by atoms with Gasteiger partial charge in [-0.3, -0.25) is 4.90 Å². The highest BCUT2D eigenvalue weighted by Gasteiger charge is 2.41. The molecule has 0 amide bonds. The van der Waals surface area contributed by atoms with Gasteiger partial charge in [-0.05, 0) is 23.6 Å². The molecule has 24 heavy (non-hydrogen) atoms. The maximum atomic E-state index is 10.3. The molecule has 0 aromatic heterocycles. The van der Waals surface area contributed by atoms with E-state index in [1.54, 1.807) is 0 Å². The summed E-state index contributed by atoms with van der Waals surface area (Å²) in [7, 11) is 0. The van der Waals surface area contributed by atoms with Crippen molar-refractivity contribution in [2.75, 3.05) is 26.3 Å². The van der Waals surface area contributed by atoms with Crippen LogP contribution in [0.5, 0.6) is 0 Å². The summed E-state index contributed by atoms with van der Waals surface area (Å²) >= 11 is 0. The van der Waals surface area contributed by atoms with E-state index in [1.807, 2.05) is 48.5 Å². The van der Waals surface area contributed by atoms with Crippen molar-refractivity contribution in [3.63, 3.8) is 0 Å². The highest BCUT2D eigenvalue weighted by Crippen LogP contribution is 2.37. The van der Waals surface area contributed by atoms with E-state index in [2.05, 4.69) is 36.1 Å². The van der Waals surface area contributed by atoms with Crippen LogP contribution in [0.1, 0.15) is 18.1 Å². The van der Waals surface area contributed by atoms with Gasteiger partial charge < -0.3 is 4.74 Å². The number of benzene rings is 2. The topological polar surface area (TPSA) is 36.3 Å². The van der Waals surface area contributed by atoms with E-state index >= 15 is 0 Å². The van der Waals surface area contributed by atoms with Gasteiger partial charge in [-0.25, -0.2) is 0 Å². The minimum atomic E-state index is -0.763. The molecular formula is C21H22N2O. The van der Waals surface area contributed by atoms with Gasteiger partial charge in [0.1, 0.15) is 0 Å². The lowest BCUT2D eigenvalue weighted by Gasteiger charge is -2.42. The molecule has 1 fully saturated rings. The summed E-state index contributed by atoms with van der Waals surface area (Å²) in [5, 5.41) is 10.3. The molecular weight excluding hydrogens is 296 g/mol. The lowest BCUT2D eigenvalue weighted by molar-refractivity contribution is 0.00577. The Labute approximate surface area is 143 Å². The van der Waals surface area contributed by atoms with Crippen molar-refractivity contribution in [3.8, 4) is 6.07 Å². The molecule has 3 heteroatoms. The molecule has 122 valence electrons. The van der Waals surface area contributed by atoms with Crippen molar-refractivity contribution in [3.05, 3.63) is 77.4 Å². The van der Waals surface area contributed by atoms with E-state index in [4.69, 9.17) is 4.74 Å². The second kappa shape index (κ2) is 7.44. The average molecular weight is 318 g/mol. The molecule has 3 nitrogen and oxygen atoms in total. The van der Waals surface area contributed by atoms with Crippen molar-refractivity contribution in [1.29, 1.82) is 5.26 Å². The highest BCUT2D eigenvalue weighted by atomic mass is 16.5. The molecule has 1 saturated heterocycles. The maximum absolute atomic E-state index is 10.3. The molecule has 1 aliphatic rings. The number of hydrogen-bond acceptors (Lipinski definition) is 3. The third kappa shape index (κ3) is 3.12. The molecule has 0 aliphatic carbocycles. The van der Waals surface area contributed by atoms with Crippen LogP contribution < -0.4 is 0 Å². The third-order valence-corrected chi connectivity index (χ3v) is 4.59. The van der Waals surface area contributed by atoms with Crippen LogP contribution in [0.15, 0.2) is 66.2 Å². The van der Waals surface area contributed by atoms with Crippen molar-refractivity contribution in [2.45, 2.75) is 12.5 Å². The Morgan fingerprint density at radius 1 is 1.04 bits per heavy atom. The van der Waals surface area contributed by atoms with E-state index in [9.17, 15) is 5.26 Å². The van der Waals surface area contributed by atoms with Gasteiger partial charge in [-0.1, -0.05) is 66.7 Å². The lowest BCUT2D eigenvalue weighted by atomic mass is 9.81. The fraction of sp³-hybridized carbons (Fsp3) is 0.286. The first-order valence-electron chi connectivity index (χ1n) is 8.31. The summed E-state index contributed by atoms with van der Waals surface area (Å²) < 4.78 is 5.50. The third-order valence-electron chi connectivity index (χ3n) is 4.59. The quantitative estimate of drug-likeness (QED) is 0.859. The van der Waals surface area contributed by atoms with Crippen LogP contribution in [-0.2, 0) is 10.3 Å². The minimum absolute atomic E-state index is 0.662. The highest BCUT2D eigenvalue weighted by molar-refractivity contribution is 5.59. The Hall–Kier alpha value is -2.41. The molecule has 3 rings (SSSR count).